The fraction of sp³-hybridized carbons (Fsp3) is 0.421. The molecule has 1 aromatic heterocycles. The fourth-order valence-corrected chi connectivity index (χ4v) is 4.23. The van der Waals surface area contributed by atoms with E-state index in [0.29, 0.717) is 25.1 Å². The standard InChI is InChI=1S/C19H23N3O3S/c1-3-14-10-18(24)22-15(12-26-19(22)21-14)11-17(23)20-9-8-13-6-4-5-7-16(13)25-2/h4-7,10,15H,3,8-9,11-12H2,1-2H3,(H,20,23). The number of nitrogens with one attached hydrogen (secondary N) is 1. The van der Waals surface area contributed by atoms with Crippen molar-refractivity contribution in [3.05, 3.63) is 51.9 Å². The molecule has 0 radical (unpaired) electrons. The lowest BCUT2D eigenvalue weighted by Crippen LogP contribution is -2.31. The summed E-state index contributed by atoms with van der Waals surface area (Å²) in [5.41, 5.74) is 1.80. The van der Waals surface area contributed by atoms with Crippen molar-refractivity contribution in [3.8, 4) is 5.75 Å². The Bertz CT molecular complexity index is 850. The number of aromatic nitrogens is 2. The molecule has 138 valence electrons. The summed E-state index contributed by atoms with van der Waals surface area (Å²) >= 11 is 1.54. The average Bonchev–Trinajstić information content (AvgIpc) is 3.05. The highest BCUT2D eigenvalue weighted by atomic mass is 32.2. The van der Waals surface area contributed by atoms with Crippen LogP contribution in [-0.4, -0.2) is 34.9 Å². The molecule has 7 heteroatoms. The van der Waals surface area contributed by atoms with Gasteiger partial charge in [0.05, 0.1) is 13.2 Å². The number of aryl methyl sites for hydroxylation is 1. The van der Waals surface area contributed by atoms with Crippen molar-refractivity contribution in [1.29, 1.82) is 0 Å². The lowest BCUT2D eigenvalue weighted by atomic mass is 10.1. The van der Waals surface area contributed by atoms with Crippen LogP contribution in [0.4, 0.5) is 0 Å². The van der Waals surface area contributed by atoms with E-state index in [1.807, 2.05) is 31.2 Å². The van der Waals surface area contributed by atoms with E-state index >= 15 is 0 Å². The topological polar surface area (TPSA) is 73.2 Å². The number of nitrogens with zero attached hydrogens (tertiary/aromatic N) is 2. The van der Waals surface area contributed by atoms with Crippen LogP contribution in [0.15, 0.2) is 40.3 Å². The van der Waals surface area contributed by atoms with Gasteiger partial charge in [0, 0.05) is 30.5 Å². The third-order valence-electron chi connectivity index (χ3n) is 4.44. The van der Waals surface area contributed by atoms with E-state index in [-0.39, 0.29) is 17.5 Å². The molecule has 1 unspecified atom stereocenters. The molecule has 1 aromatic carbocycles. The summed E-state index contributed by atoms with van der Waals surface area (Å²) in [6.07, 6.45) is 1.73. The number of para-hydroxylation sites is 1. The Labute approximate surface area is 157 Å². The Morgan fingerprint density at radius 1 is 1.42 bits per heavy atom. The normalized spacial score (nSPS) is 15.5. The van der Waals surface area contributed by atoms with Crippen LogP contribution in [0.3, 0.4) is 0 Å². The van der Waals surface area contributed by atoms with Gasteiger partial charge in [-0.3, -0.25) is 14.2 Å². The van der Waals surface area contributed by atoms with Crippen molar-refractivity contribution >= 4 is 17.7 Å². The van der Waals surface area contributed by atoms with E-state index in [9.17, 15) is 9.59 Å². The lowest BCUT2D eigenvalue weighted by Gasteiger charge is -2.14. The first-order valence-electron chi connectivity index (χ1n) is 8.76. The molecule has 0 bridgehead atoms. The van der Waals surface area contributed by atoms with E-state index in [1.54, 1.807) is 29.5 Å². The van der Waals surface area contributed by atoms with E-state index < -0.39 is 0 Å². The zero-order chi connectivity index (χ0) is 18.5. The third kappa shape index (κ3) is 4.09. The zero-order valence-electron chi connectivity index (χ0n) is 15.0. The molecular formula is C19H23N3O3S. The van der Waals surface area contributed by atoms with E-state index in [0.717, 1.165) is 28.6 Å². The second-order valence-electron chi connectivity index (χ2n) is 6.17. The Morgan fingerprint density at radius 3 is 3.00 bits per heavy atom. The van der Waals surface area contributed by atoms with Crippen LogP contribution in [0.5, 0.6) is 5.75 Å². The third-order valence-corrected chi connectivity index (χ3v) is 5.53. The van der Waals surface area contributed by atoms with Crippen LogP contribution in [-0.2, 0) is 17.6 Å². The second-order valence-corrected chi connectivity index (χ2v) is 7.16. The quantitative estimate of drug-likeness (QED) is 0.754. The molecule has 0 saturated heterocycles. The second kappa shape index (κ2) is 8.40. The Kier molecular flexibility index (Phi) is 5.98. The predicted molar refractivity (Wildman–Crippen MR) is 102 cm³/mol. The number of methoxy groups -OCH3 is 1. The molecule has 1 atom stereocenters. The SMILES string of the molecule is CCc1cc(=O)n2c(n1)SCC2CC(=O)NCCc1ccccc1OC. The highest BCUT2D eigenvalue weighted by molar-refractivity contribution is 7.99. The van der Waals surface area contributed by atoms with Crippen molar-refractivity contribution in [3.63, 3.8) is 0 Å². The lowest BCUT2D eigenvalue weighted by molar-refractivity contribution is -0.121. The maximum absolute atomic E-state index is 12.3. The van der Waals surface area contributed by atoms with Gasteiger partial charge in [0.1, 0.15) is 5.75 Å². The number of carbonyl (C=O) groups excluding carboxylic acids is 1. The number of benzene rings is 1. The molecule has 1 amide bonds. The van der Waals surface area contributed by atoms with E-state index in [2.05, 4.69) is 10.3 Å². The molecule has 1 aliphatic heterocycles. The van der Waals surface area contributed by atoms with Crippen LogP contribution in [0.2, 0.25) is 0 Å². The van der Waals surface area contributed by atoms with E-state index in [1.165, 1.54) is 0 Å². The molecular weight excluding hydrogens is 350 g/mol. The summed E-state index contributed by atoms with van der Waals surface area (Å²) < 4.78 is 6.98. The smallest absolute Gasteiger partial charge is 0.254 e. The van der Waals surface area contributed by atoms with Gasteiger partial charge in [0.15, 0.2) is 5.16 Å². The van der Waals surface area contributed by atoms with Gasteiger partial charge in [-0.05, 0) is 24.5 Å². The van der Waals surface area contributed by atoms with Crippen LogP contribution in [0.25, 0.3) is 0 Å². The summed E-state index contributed by atoms with van der Waals surface area (Å²) in [6, 6.07) is 9.22. The molecule has 0 aliphatic carbocycles. The molecule has 0 spiro atoms. The van der Waals surface area contributed by atoms with Gasteiger partial charge in [0.25, 0.3) is 5.56 Å². The van der Waals surface area contributed by atoms with Crippen molar-refractivity contribution in [1.82, 2.24) is 14.9 Å². The number of amides is 1. The summed E-state index contributed by atoms with van der Waals surface area (Å²) in [4.78, 5) is 29.1. The minimum Gasteiger partial charge on any atom is -0.496 e. The predicted octanol–water partition coefficient (Wildman–Crippen LogP) is 2.21. The van der Waals surface area contributed by atoms with Crippen molar-refractivity contribution in [2.45, 2.75) is 37.4 Å². The number of thioether (sulfide) groups is 1. The Balaban J connectivity index is 1.56. The zero-order valence-corrected chi connectivity index (χ0v) is 15.8. The van der Waals surface area contributed by atoms with Crippen LogP contribution in [0.1, 0.15) is 30.6 Å². The largest absolute Gasteiger partial charge is 0.496 e. The van der Waals surface area contributed by atoms with Gasteiger partial charge in [-0.2, -0.15) is 0 Å². The molecule has 2 heterocycles. The molecule has 1 N–H and O–H groups in total. The van der Waals surface area contributed by atoms with Gasteiger partial charge in [-0.25, -0.2) is 4.98 Å². The van der Waals surface area contributed by atoms with Crippen LogP contribution >= 0.6 is 11.8 Å². The van der Waals surface area contributed by atoms with Gasteiger partial charge in [0.2, 0.25) is 5.91 Å². The average molecular weight is 373 g/mol. The van der Waals surface area contributed by atoms with Crippen LogP contribution < -0.4 is 15.6 Å². The van der Waals surface area contributed by atoms with Gasteiger partial charge >= 0.3 is 0 Å². The van der Waals surface area contributed by atoms with Crippen molar-refractivity contribution < 1.29 is 9.53 Å². The summed E-state index contributed by atoms with van der Waals surface area (Å²) in [5.74, 6) is 1.48. The van der Waals surface area contributed by atoms with Gasteiger partial charge in [-0.1, -0.05) is 36.9 Å². The monoisotopic (exact) mass is 373 g/mol. The number of hydrogen-bond donors (Lipinski definition) is 1. The molecule has 0 fully saturated rings. The van der Waals surface area contributed by atoms with Gasteiger partial charge < -0.3 is 10.1 Å². The highest BCUT2D eigenvalue weighted by Gasteiger charge is 2.27. The number of ether oxygens (including phenoxy) is 1. The highest BCUT2D eigenvalue weighted by Crippen LogP contribution is 2.31. The molecule has 0 saturated carbocycles. The Morgan fingerprint density at radius 2 is 2.23 bits per heavy atom. The maximum atomic E-state index is 12.3. The molecule has 6 nitrogen and oxygen atoms in total. The molecule has 1 aliphatic rings. The first kappa shape index (κ1) is 18.5. The minimum atomic E-state index is -0.132. The summed E-state index contributed by atoms with van der Waals surface area (Å²) in [5, 5.41) is 3.67. The summed E-state index contributed by atoms with van der Waals surface area (Å²) in [6.45, 7) is 2.51. The van der Waals surface area contributed by atoms with Crippen LogP contribution in [0, 0.1) is 0 Å². The number of hydrogen-bond acceptors (Lipinski definition) is 5. The van der Waals surface area contributed by atoms with Crippen molar-refractivity contribution in [2.24, 2.45) is 0 Å². The number of carbonyl (C=O) groups is 1. The maximum Gasteiger partial charge on any atom is 0.254 e. The minimum absolute atomic E-state index is 0.0511. The molecule has 3 rings (SSSR count). The molecule has 26 heavy (non-hydrogen) atoms. The summed E-state index contributed by atoms with van der Waals surface area (Å²) in [7, 11) is 1.64. The van der Waals surface area contributed by atoms with Gasteiger partial charge in [-0.15, -0.1) is 0 Å². The first-order valence-corrected chi connectivity index (χ1v) is 9.74. The van der Waals surface area contributed by atoms with Crippen molar-refractivity contribution in [2.75, 3.05) is 19.4 Å². The first-order chi connectivity index (χ1) is 12.6. The van der Waals surface area contributed by atoms with E-state index in [4.69, 9.17) is 4.74 Å². The number of rotatable bonds is 7. The fourth-order valence-electron chi connectivity index (χ4n) is 3.06. The molecule has 2 aromatic rings. The number of fused-ring (bicyclic) bond motifs is 1. The Hall–Kier alpha value is -2.28.